The molecule has 0 aliphatic carbocycles. The summed E-state index contributed by atoms with van der Waals surface area (Å²) in [5, 5.41) is 13.7. The van der Waals surface area contributed by atoms with Crippen LogP contribution in [0.1, 0.15) is 11.1 Å². The van der Waals surface area contributed by atoms with Crippen molar-refractivity contribution in [3.05, 3.63) is 205 Å². The molecule has 0 spiro atoms. The molecule has 0 fully saturated rings. The number of rotatable bonds is 4. The van der Waals surface area contributed by atoms with Crippen LogP contribution in [0.15, 0.2) is 194 Å². The standard InChI is InChI=1S/C56H35F3/c1-34-18-20-35(21-19-34)37-24-28-48-52(30-37)54(50-32-39-10-2-4-12-42(39)44-14-6-8-16-46(44)50)49-29-25-38(36-22-26-41(27-23-36)56(57,58)59)31-53(49)55(48)51-33-40-11-3-5-13-43(40)45-15-7-9-17-47(45)51/h2-33H,1H3. The fraction of sp³-hybridized carbons (Fsp3) is 0.0357. The molecule has 0 aliphatic rings. The van der Waals surface area contributed by atoms with Gasteiger partial charge in [0.1, 0.15) is 0 Å². The topological polar surface area (TPSA) is 0 Å². The minimum atomic E-state index is -4.42. The molecule has 0 saturated heterocycles. The van der Waals surface area contributed by atoms with Gasteiger partial charge in [0.25, 0.3) is 0 Å². The minimum absolute atomic E-state index is 0.661. The Morgan fingerprint density at radius 3 is 1.12 bits per heavy atom. The predicted octanol–water partition coefficient (Wildman–Crippen LogP) is 16.6. The number of hydrogen-bond acceptors (Lipinski definition) is 0. The molecule has 0 amide bonds. The van der Waals surface area contributed by atoms with Crippen molar-refractivity contribution < 1.29 is 13.2 Å². The van der Waals surface area contributed by atoms with Crippen LogP contribution in [-0.4, -0.2) is 0 Å². The summed E-state index contributed by atoms with van der Waals surface area (Å²) in [5.74, 6) is 0. The third kappa shape index (κ3) is 5.76. The zero-order valence-corrected chi connectivity index (χ0v) is 32.1. The first kappa shape index (κ1) is 35.0. The van der Waals surface area contributed by atoms with Crippen LogP contribution in [0.2, 0.25) is 0 Å². The largest absolute Gasteiger partial charge is 0.416 e. The lowest BCUT2D eigenvalue weighted by Gasteiger charge is -2.22. The maximum Gasteiger partial charge on any atom is 0.416 e. The van der Waals surface area contributed by atoms with Gasteiger partial charge in [0.15, 0.2) is 0 Å². The molecule has 0 unspecified atom stereocenters. The molecule has 0 aromatic heterocycles. The second-order valence-electron chi connectivity index (χ2n) is 15.6. The summed E-state index contributed by atoms with van der Waals surface area (Å²) in [6, 6.07) is 66.5. The van der Waals surface area contributed by atoms with Crippen LogP contribution in [0.25, 0.3) is 109 Å². The van der Waals surface area contributed by atoms with E-state index in [4.69, 9.17) is 0 Å². The molecule has 0 radical (unpaired) electrons. The molecule has 11 aromatic rings. The summed E-state index contributed by atoms with van der Waals surface area (Å²) in [7, 11) is 0. The van der Waals surface area contributed by atoms with Gasteiger partial charge in [0.05, 0.1) is 5.56 Å². The maximum atomic E-state index is 13.7. The number of halogens is 3. The van der Waals surface area contributed by atoms with Crippen molar-refractivity contribution in [1.29, 1.82) is 0 Å². The Hall–Kier alpha value is -7.23. The molecule has 11 rings (SSSR count). The second-order valence-corrected chi connectivity index (χ2v) is 15.6. The van der Waals surface area contributed by atoms with Crippen LogP contribution in [0.3, 0.4) is 0 Å². The van der Waals surface area contributed by atoms with Crippen molar-refractivity contribution in [2.45, 2.75) is 13.1 Å². The number of benzene rings is 11. The van der Waals surface area contributed by atoms with Crippen molar-refractivity contribution in [3.8, 4) is 44.5 Å². The fourth-order valence-corrected chi connectivity index (χ4v) is 9.29. The average molecular weight is 765 g/mol. The molecule has 11 aromatic carbocycles. The summed E-state index contributed by atoms with van der Waals surface area (Å²) in [5.41, 5.74) is 8.84. The monoisotopic (exact) mass is 764 g/mol. The molecule has 0 atom stereocenters. The molecule has 0 bridgehead atoms. The van der Waals surface area contributed by atoms with E-state index in [-0.39, 0.29) is 0 Å². The Bertz CT molecular complexity index is 3470. The second kappa shape index (κ2) is 13.4. The molecule has 0 N–H and O–H groups in total. The van der Waals surface area contributed by atoms with Gasteiger partial charge in [-0.15, -0.1) is 0 Å². The van der Waals surface area contributed by atoms with Crippen molar-refractivity contribution in [3.63, 3.8) is 0 Å². The third-order valence-corrected chi connectivity index (χ3v) is 12.1. The van der Waals surface area contributed by atoms with Crippen LogP contribution in [0.5, 0.6) is 0 Å². The van der Waals surface area contributed by atoms with E-state index in [1.807, 2.05) is 0 Å². The highest BCUT2D eigenvalue weighted by Crippen LogP contribution is 2.50. The van der Waals surface area contributed by atoms with Crippen LogP contribution in [0, 0.1) is 6.92 Å². The van der Waals surface area contributed by atoms with E-state index >= 15 is 0 Å². The Balaban J connectivity index is 1.33. The van der Waals surface area contributed by atoms with Crippen molar-refractivity contribution in [2.75, 3.05) is 0 Å². The van der Waals surface area contributed by atoms with E-state index in [1.165, 1.54) is 39.2 Å². The summed E-state index contributed by atoms with van der Waals surface area (Å²) in [6.45, 7) is 2.11. The number of hydrogen-bond donors (Lipinski definition) is 0. The molecule has 0 saturated carbocycles. The summed E-state index contributed by atoms with van der Waals surface area (Å²) >= 11 is 0. The highest BCUT2D eigenvalue weighted by Gasteiger charge is 2.30. The first-order valence-electron chi connectivity index (χ1n) is 19.9. The van der Waals surface area contributed by atoms with E-state index in [2.05, 4.69) is 177 Å². The zero-order valence-electron chi connectivity index (χ0n) is 32.1. The highest BCUT2D eigenvalue weighted by molar-refractivity contribution is 6.29. The Kier molecular flexibility index (Phi) is 7.96. The van der Waals surface area contributed by atoms with Gasteiger partial charge < -0.3 is 0 Å². The predicted molar refractivity (Wildman–Crippen MR) is 243 cm³/mol. The molecule has 0 aliphatic heterocycles. The van der Waals surface area contributed by atoms with Gasteiger partial charge in [-0.05, 0) is 152 Å². The van der Waals surface area contributed by atoms with Gasteiger partial charge in [-0.2, -0.15) is 13.2 Å². The van der Waals surface area contributed by atoms with E-state index in [0.29, 0.717) is 0 Å². The third-order valence-electron chi connectivity index (χ3n) is 12.1. The lowest BCUT2D eigenvalue weighted by Crippen LogP contribution is -2.03. The van der Waals surface area contributed by atoms with E-state index in [9.17, 15) is 13.2 Å². The smallest absolute Gasteiger partial charge is 0.166 e. The summed E-state index contributed by atoms with van der Waals surface area (Å²) in [6.07, 6.45) is -4.42. The van der Waals surface area contributed by atoms with Gasteiger partial charge in [-0.25, -0.2) is 0 Å². The van der Waals surface area contributed by atoms with E-state index in [1.54, 1.807) is 12.1 Å². The van der Waals surface area contributed by atoms with Gasteiger partial charge in [-0.3, -0.25) is 0 Å². The number of fused-ring (bicyclic) bond motifs is 8. The lowest BCUT2D eigenvalue weighted by molar-refractivity contribution is -0.137. The number of alkyl halides is 3. The zero-order chi connectivity index (χ0) is 39.8. The first-order chi connectivity index (χ1) is 28.8. The van der Waals surface area contributed by atoms with Gasteiger partial charge in [0.2, 0.25) is 0 Å². The van der Waals surface area contributed by atoms with Crippen LogP contribution in [0.4, 0.5) is 13.2 Å². The molecule has 3 heteroatoms. The van der Waals surface area contributed by atoms with Crippen LogP contribution < -0.4 is 0 Å². The normalized spacial score (nSPS) is 12.1. The van der Waals surface area contributed by atoms with Gasteiger partial charge >= 0.3 is 6.18 Å². The number of aryl methyl sites for hydroxylation is 1. The summed E-state index contributed by atoms with van der Waals surface area (Å²) < 4.78 is 41.2. The molecular weight excluding hydrogens is 730 g/mol. The Morgan fingerprint density at radius 2 is 0.678 bits per heavy atom. The Morgan fingerprint density at radius 1 is 0.305 bits per heavy atom. The van der Waals surface area contributed by atoms with Crippen molar-refractivity contribution in [1.82, 2.24) is 0 Å². The lowest BCUT2D eigenvalue weighted by atomic mass is 9.81. The summed E-state index contributed by atoms with van der Waals surface area (Å²) in [4.78, 5) is 0. The molecule has 280 valence electrons. The minimum Gasteiger partial charge on any atom is -0.166 e. The molecule has 0 heterocycles. The average Bonchev–Trinajstić information content (AvgIpc) is 3.27. The van der Waals surface area contributed by atoms with Gasteiger partial charge in [0, 0.05) is 0 Å². The molecule has 59 heavy (non-hydrogen) atoms. The molecular formula is C56H35F3. The van der Waals surface area contributed by atoms with Gasteiger partial charge in [-0.1, -0.05) is 163 Å². The van der Waals surface area contributed by atoms with E-state index < -0.39 is 11.7 Å². The fourth-order valence-electron chi connectivity index (χ4n) is 9.29. The first-order valence-corrected chi connectivity index (χ1v) is 19.9. The molecule has 0 nitrogen and oxygen atoms in total. The SMILES string of the molecule is Cc1ccc(-c2ccc3c(-c4cc5ccccc5c5ccccc45)c4cc(-c5ccc(C(F)(F)F)cc5)ccc4c(-c4cc5ccccc5c5ccccc45)c3c2)cc1. The van der Waals surface area contributed by atoms with Crippen molar-refractivity contribution >= 4 is 64.6 Å². The Labute approximate surface area is 339 Å². The van der Waals surface area contributed by atoms with Crippen LogP contribution in [-0.2, 0) is 6.18 Å². The van der Waals surface area contributed by atoms with E-state index in [0.717, 1.165) is 87.6 Å². The van der Waals surface area contributed by atoms with Crippen LogP contribution >= 0.6 is 0 Å². The maximum absolute atomic E-state index is 13.7. The van der Waals surface area contributed by atoms with Crippen molar-refractivity contribution in [2.24, 2.45) is 0 Å². The highest BCUT2D eigenvalue weighted by atomic mass is 19.4. The quantitative estimate of drug-likeness (QED) is 0.124.